The number of carboxylic acid groups (broad SMARTS) is 1. The zero-order valence-corrected chi connectivity index (χ0v) is 7.88. The molecule has 72 valence electrons. The van der Waals surface area contributed by atoms with Crippen LogP contribution in [0.2, 0.25) is 5.02 Å². The van der Waals surface area contributed by atoms with Crippen molar-refractivity contribution < 1.29 is 14.6 Å². The average molecular weight is 210 g/mol. The van der Waals surface area contributed by atoms with Crippen LogP contribution in [-0.4, -0.2) is 12.6 Å². The topological polar surface area (TPSA) is 49.4 Å². The minimum atomic E-state index is -1.21. The number of fused-ring (bicyclic) bond motifs is 1. The Hall–Kier alpha value is -1.48. The first kappa shape index (κ1) is 9.09. The van der Waals surface area contributed by atoms with E-state index in [9.17, 15) is 9.90 Å². The summed E-state index contributed by atoms with van der Waals surface area (Å²) in [5.74, 6) is -0.574. The molecule has 1 aromatic rings. The molecule has 0 aliphatic carbocycles. The number of hydrogen-bond donors (Lipinski definition) is 0. The van der Waals surface area contributed by atoms with Crippen molar-refractivity contribution in [3.8, 4) is 5.75 Å². The van der Waals surface area contributed by atoms with Gasteiger partial charge in [-0.15, -0.1) is 0 Å². The molecule has 1 aliphatic rings. The Kier molecular flexibility index (Phi) is 2.17. The van der Waals surface area contributed by atoms with E-state index in [4.69, 9.17) is 16.3 Å². The zero-order chi connectivity index (χ0) is 10.1. The van der Waals surface area contributed by atoms with Gasteiger partial charge in [-0.2, -0.15) is 0 Å². The minimum Gasteiger partial charge on any atom is -0.545 e. The van der Waals surface area contributed by atoms with E-state index in [1.807, 2.05) is 0 Å². The summed E-state index contributed by atoms with van der Waals surface area (Å²) in [7, 11) is 0. The lowest BCUT2D eigenvalue weighted by Crippen LogP contribution is -2.28. The smallest absolute Gasteiger partial charge is 0.127 e. The van der Waals surface area contributed by atoms with E-state index < -0.39 is 5.97 Å². The highest BCUT2D eigenvalue weighted by molar-refractivity contribution is 6.30. The molecule has 0 N–H and O–H groups in total. The van der Waals surface area contributed by atoms with Crippen molar-refractivity contribution in [2.45, 2.75) is 0 Å². The summed E-state index contributed by atoms with van der Waals surface area (Å²) in [6.07, 6.45) is 1.51. The maximum atomic E-state index is 10.6. The Labute approximate surface area is 85.6 Å². The molecule has 0 amide bonds. The number of carbonyl (C=O) groups is 1. The summed E-state index contributed by atoms with van der Waals surface area (Å²) in [5, 5.41) is 11.1. The van der Waals surface area contributed by atoms with Gasteiger partial charge in [-0.05, 0) is 24.3 Å². The van der Waals surface area contributed by atoms with Gasteiger partial charge < -0.3 is 14.6 Å². The van der Waals surface area contributed by atoms with E-state index in [1.54, 1.807) is 18.2 Å². The van der Waals surface area contributed by atoms with Crippen LogP contribution in [-0.2, 0) is 4.79 Å². The maximum absolute atomic E-state index is 10.6. The summed E-state index contributed by atoms with van der Waals surface area (Å²) in [6, 6.07) is 5.05. The van der Waals surface area contributed by atoms with Gasteiger partial charge in [-0.3, -0.25) is 0 Å². The number of carboxylic acids is 1. The molecule has 0 saturated carbocycles. The van der Waals surface area contributed by atoms with Crippen molar-refractivity contribution >= 4 is 23.6 Å². The second kappa shape index (κ2) is 3.35. The normalized spacial score (nSPS) is 13.9. The highest BCUT2D eigenvalue weighted by Crippen LogP contribution is 2.28. The molecule has 2 rings (SSSR count). The predicted molar refractivity (Wildman–Crippen MR) is 49.9 cm³/mol. The fourth-order valence-corrected chi connectivity index (χ4v) is 1.45. The highest BCUT2D eigenvalue weighted by atomic mass is 35.5. The first-order chi connectivity index (χ1) is 6.66. The summed E-state index contributed by atoms with van der Waals surface area (Å²) >= 11 is 5.76. The quantitative estimate of drug-likeness (QED) is 0.690. The Balaban J connectivity index is 2.47. The molecule has 0 spiro atoms. The Morgan fingerprint density at radius 1 is 1.50 bits per heavy atom. The van der Waals surface area contributed by atoms with Crippen LogP contribution in [0.1, 0.15) is 5.56 Å². The van der Waals surface area contributed by atoms with Crippen LogP contribution in [0, 0.1) is 0 Å². The van der Waals surface area contributed by atoms with Crippen LogP contribution in [0.4, 0.5) is 0 Å². The van der Waals surface area contributed by atoms with E-state index >= 15 is 0 Å². The SMILES string of the molecule is O=C([O-])C1=Cc2cc(Cl)ccc2OC1. The van der Waals surface area contributed by atoms with Crippen molar-refractivity contribution in [2.75, 3.05) is 6.61 Å². The van der Waals surface area contributed by atoms with Gasteiger partial charge in [0.05, 0.1) is 5.97 Å². The Morgan fingerprint density at radius 2 is 2.29 bits per heavy atom. The Bertz CT molecular complexity index is 423. The molecule has 3 nitrogen and oxygen atoms in total. The van der Waals surface area contributed by atoms with Crippen molar-refractivity contribution in [1.29, 1.82) is 0 Å². The number of rotatable bonds is 1. The molecule has 1 aliphatic heterocycles. The third kappa shape index (κ3) is 1.59. The number of halogens is 1. The first-order valence-corrected chi connectivity index (χ1v) is 4.39. The largest absolute Gasteiger partial charge is 0.545 e. The third-order valence-electron chi connectivity index (χ3n) is 1.95. The highest BCUT2D eigenvalue weighted by Gasteiger charge is 2.11. The molecular formula is C10H6ClO3-. The van der Waals surface area contributed by atoms with Gasteiger partial charge in [0, 0.05) is 16.2 Å². The summed E-state index contributed by atoms with van der Waals surface area (Å²) in [4.78, 5) is 10.6. The summed E-state index contributed by atoms with van der Waals surface area (Å²) in [6.45, 7) is 0.0387. The lowest BCUT2D eigenvalue weighted by Gasteiger charge is -2.18. The molecule has 0 aromatic heterocycles. The molecule has 0 saturated heterocycles. The van der Waals surface area contributed by atoms with Gasteiger partial charge in [0.15, 0.2) is 0 Å². The van der Waals surface area contributed by atoms with Gasteiger partial charge in [0.25, 0.3) is 0 Å². The van der Waals surface area contributed by atoms with Crippen LogP contribution >= 0.6 is 11.6 Å². The molecular weight excluding hydrogens is 204 g/mol. The van der Waals surface area contributed by atoms with Gasteiger partial charge >= 0.3 is 0 Å². The van der Waals surface area contributed by atoms with Crippen LogP contribution in [0.5, 0.6) is 5.75 Å². The number of hydrogen-bond acceptors (Lipinski definition) is 3. The van der Waals surface area contributed by atoms with Crippen molar-refractivity contribution in [1.82, 2.24) is 0 Å². The Morgan fingerprint density at radius 3 is 3.00 bits per heavy atom. The number of ether oxygens (including phenoxy) is 1. The number of benzene rings is 1. The molecule has 0 unspecified atom stereocenters. The standard InChI is InChI=1S/C10H7ClO3/c11-8-1-2-9-6(4-8)3-7(5-14-9)10(12)13/h1-4H,5H2,(H,12,13)/p-1. The van der Waals surface area contributed by atoms with E-state index in [0.29, 0.717) is 16.3 Å². The molecule has 4 heteroatoms. The second-order valence-corrected chi connectivity index (χ2v) is 3.36. The molecule has 0 fully saturated rings. The zero-order valence-electron chi connectivity index (χ0n) is 7.12. The van der Waals surface area contributed by atoms with E-state index in [1.165, 1.54) is 6.08 Å². The molecule has 0 bridgehead atoms. The van der Waals surface area contributed by atoms with Crippen molar-refractivity contribution in [2.24, 2.45) is 0 Å². The monoisotopic (exact) mass is 209 g/mol. The minimum absolute atomic E-state index is 0.0387. The van der Waals surface area contributed by atoms with Crippen LogP contribution in [0.25, 0.3) is 6.08 Å². The van der Waals surface area contributed by atoms with E-state index in [2.05, 4.69) is 0 Å². The number of carbonyl (C=O) groups excluding carboxylic acids is 1. The van der Waals surface area contributed by atoms with Crippen molar-refractivity contribution in [3.05, 3.63) is 34.4 Å². The molecule has 1 heterocycles. The van der Waals surface area contributed by atoms with E-state index in [0.717, 1.165) is 0 Å². The molecule has 1 aromatic carbocycles. The van der Waals surface area contributed by atoms with Gasteiger partial charge in [0.2, 0.25) is 0 Å². The molecule has 14 heavy (non-hydrogen) atoms. The van der Waals surface area contributed by atoms with Crippen LogP contribution in [0.3, 0.4) is 0 Å². The summed E-state index contributed by atoms with van der Waals surface area (Å²) < 4.78 is 5.20. The van der Waals surface area contributed by atoms with Gasteiger partial charge in [0.1, 0.15) is 12.4 Å². The second-order valence-electron chi connectivity index (χ2n) is 2.93. The molecule has 0 atom stereocenters. The third-order valence-corrected chi connectivity index (χ3v) is 2.18. The van der Waals surface area contributed by atoms with Crippen LogP contribution in [0.15, 0.2) is 23.8 Å². The van der Waals surface area contributed by atoms with Gasteiger partial charge in [-0.25, -0.2) is 0 Å². The first-order valence-electron chi connectivity index (χ1n) is 4.01. The fourth-order valence-electron chi connectivity index (χ4n) is 1.27. The average Bonchev–Trinajstić information content (AvgIpc) is 2.16. The maximum Gasteiger partial charge on any atom is 0.127 e. The fraction of sp³-hybridized carbons (Fsp3) is 0.100. The summed E-state index contributed by atoms with van der Waals surface area (Å²) in [5.41, 5.74) is 0.794. The van der Waals surface area contributed by atoms with Crippen LogP contribution < -0.4 is 9.84 Å². The lowest BCUT2D eigenvalue weighted by molar-refractivity contribution is -0.299. The lowest BCUT2D eigenvalue weighted by atomic mass is 10.1. The van der Waals surface area contributed by atoms with E-state index in [-0.39, 0.29) is 12.2 Å². The molecule has 0 radical (unpaired) electrons. The van der Waals surface area contributed by atoms with Gasteiger partial charge in [-0.1, -0.05) is 11.6 Å². The predicted octanol–water partition coefficient (Wildman–Crippen LogP) is 0.866. The van der Waals surface area contributed by atoms with Crippen molar-refractivity contribution in [3.63, 3.8) is 0 Å². The number of aliphatic carboxylic acids is 1.